The van der Waals surface area contributed by atoms with E-state index in [1.807, 2.05) is 11.8 Å². The second-order valence-corrected chi connectivity index (χ2v) is 8.04. The zero-order valence-corrected chi connectivity index (χ0v) is 16.5. The van der Waals surface area contributed by atoms with E-state index in [-0.39, 0.29) is 28.6 Å². The van der Waals surface area contributed by atoms with Crippen LogP contribution in [-0.4, -0.2) is 37.0 Å². The van der Waals surface area contributed by atoms with Gasteiger partial charge in [0.1, 0.15) is 11.9 Å². The highest BCUT2D eigenvalue weighted by atomic mass is 19.1. The highest BCUT2D eigenvalue weighted by Gasteiger charge is 2.41. The Kier molecular flexibility index (Phi) is 4.81. The maximum absolute atomic E-state index is 15.2. The number of likely N-dealkylation sites (N-methyl/N-ethyl adjacent to an activating group) is 1. The third-order valence-electron chi connectivity index (χ3n) is 5.98. The molecule has 28 heavy (non-hydrogen) atoms. The van der Waals surface area contributed by atoms with Crippen LogP contribution in [0.1, 0.15) is 37.8 Å². The van der Waals surface area contributed by atoms with Crippen LogP contribution in [0.5, 0.6) is 5.75 Å². The standard InChI is InChI=1S/C21H27F2N3O2/c1-4-25(10-16(24)12-5-6-12)19-15(23)7-13-18(21(19)28-3)26(17-8-14(17)22)9-11(2)20(13)27/h7,9,12,14,16-17H,4-6,8,10,24H2,1-3H3/t14-,16+,17+/m0/s1. The molecule has 0 unspecified atom stereocenters. The molecular weight excluding hydrogens is 364 g/mol. The van der Waals surface area contributed by atoms with E-state index in [2.05, 4.69) is 0 Å². The second-order valence-electron chi connectivity index (χ2n) is 8.04. The van der Waals surface area contributed by atoms with E-state index in [9.17, 15) is 9.18 Å². The van der Waals surface area contributed by atoms with Gasteiger partial charge in [0, 0.05) is 37.3 Å². The predicted molar refractivity (Wildman–Crippen MR) is 107 cm³/mol. The molecule has 3 atom stereocenters. The molecule has 0 radical (unpaired) electrons. The van der Waals surface area contributed by atoms with Gasteiger partial charge in [0.05, 0.1) is 24.1 Å². The zero-order chi connectivity index (χ0) is 20.2. The van der Waals surface area contributed by atoms with Crippen molar-refractivity contribution in [1.82, 2.24) is 4.57 Å². The van der Waals surface area contributed by atoms with E-state index in [1.165, 1.54) is 13.2 Å². The number of ether oxygens (including phenoxy) is 1. The first-order valence-electron chi connectivity index (χ1n) is 9.93. The lowest BCUT2D eigenvalue weighted by Gasteiger charge is -2.29. The Bertz CT molecular complexity index is 971. The van der Waals surface area contributed by atoms with Crippen molar-refractivity contribution in [3.05, 3.63) is 33.9 Å². The smallest absolute Gasteiger partial charge is 0.192 e. The normalized spacial score (nSPS) is 22.4. The first-order valence-corrected chi connectivity index (χ1v) is 9.93. The number of anilines is 1. The molecule has 1 heterocycles. The molecule has 2 fully saturated rings. The largest absolute Gasteiger partial charge is 0.492 e. The van der Waals surface area contributed by atoms with Crippen LogP contribution in [0.4, 0.5) is 14.5 Å². The minimum absolute atomic E-state index is 0.0429. The lowest BCUT2D eigenvalue weighted by molar-refractivity contribution is 0.409. The van der Waals surface area contributed by atoms with E-state index in [0.29, 0.717) is 42.2 Å². The van der Waals surface area contributed by atoms with Gasteiger partial charge in [0.15, 0.2) is 17.0 Å². The Morgan fingerprint density at radius 1 is 1.43 bits per heavy atom. The van der Waals surface area contributed by atoms with Crippen LogP contribution >= 0.6 is 0 Å². The third kappa shape index (κ3) is 3.15. The number of nitrogens with zero attached hydrogens (tertiary/aromatic N) is 2. The van der Waals surface area contributed by atoms with Crippen molar-refractivity contribution in [2.75, 3.05) is 25.1 Å². The van der Waals surface area contributed by atoms with Gasteiger partial charge in [0.25, 0.3) is 0 Å². The van der Waals surface area contributed by atoms with Crippen molar-refractivity contribution < 1.29 is 13.5 Å². The molecule has 2 aromatic rings. The number of alkyl halides is 1. The van der Waals surface area contributed by atoms with Crippen LogP contribution in [0, 0.1) is 18.7 Å². The number of hydrogen-bond donors (Lipinski definition) is 1. The Balaban J connectivity index is 1.92. The number of methoxy groups -OCH3 is 1. The molecule has 1 aromatic heterocycles. The number of fused-ring (bicyclic) bond motifs is 1. The lowest BCUT2D eigenvalue weighted by atomic mass is 10.1. The Morgan fingerprint density at radius 2 is 2.11 bits per heavy atom. The van der Waals surface area contributed by atoms with Crippen molar-refractivity contribution >= 4 is 16.6 Å². The fraction of sp³-hybridized carbons (Fsp3) is 0.571. The molecular formula is C21H27F2N3O2. The molecule has 0 bridgehead atoms. The average Bonchev–Trinajstić information content (AvgIpc) is 3.58. The summed E-state index contributed by atoms with van der Waals surface area (Å²) < 4.78 is 36.5. The highest BCUT2D eigenvalue weighted by molar-refractivity contribution is 5.92. The van der Waals surface area contributed by atoms with Gasteiger partial charge in [-0.25, -0.2) is 8.78 Å². The average molecular weight is 391 g/mol. The maximum atomic E-state index is 15.2. The molecule has 4 rings (SSSR count). The van der Waals surface area contributed by atoms with Gasteiger partial charge >= 0.3 is 0 Å². The van der Waals surface area contributed by atoms with Crippen LogP contribution in [-0.2, 0) is 0 Å². The van der Waals surface area contributed by atoms with Gasteiger partial charge in [-0.15, -0.1) is 0 Å². The molecule has 2 N–H and O–H groups in total. The number of aryl methyl sites for hydroxylation is 1. The lowest BCUT2D eigenvalue weighted by Crippen LogP contribution is -2.39. The van der Waals surface area contributed by atoms with Crippen LogP contribution in [0.2, 0.25) is 0 Å². The fourth-order valence-corrected chi connectivity index (χ4v) is 4.08. The maximum Gasteiger partial charge on any atom is 0.192 e. The summed E-state index contributed by atoms with van der Waals surface area (Å²) in [7, 11) is 1.46. The van der Waals surface area contributed by atoms with Crippen LogP contribution in [0.3, 0.4) is 0 Å². The van der Waals surface area contributed by atoms with E-state index in [0.717, 1.165) is 12.8 Å². The van der Waals surface area contributed by atoms with E-state index < -0.39 is 12.0 Å². The number of nitrogens with two attached hydrogens (primary N) is 1. The Labute approximate surface area is 163 Å². The summed E-state index contributed by atoms with van der Waals surface area (Å²) in [6.07, 6.45) is 3.29. The van der Waals surface area contributed by atoms with Crippen molar-refractivity contribution in [3.8, 4) is 5.75 Å². The number of rotatable bonds is 7. The van der Waals surface area contributed by atoms with Crippen molar-refractivity contribution in [1.29, 1.82) is 0 Å². The van der Waals surface area contributed by atoms with Gasteiger partial charge in [-0.3, -0.25) is 4.79 Å². The fourth-order valence-electron chi connectivity index (χ4n) is 4.08. The summed E-state index contributed by atoms with van der Waals surface area (Å²) in [5, 5.41) is 0.222. The van der Waals surface area contributed by atoms with E-state index >= 15 is 4.39 Å². The number of hydrogen-bond acceptors (Lipinski definition) is 4. The Hall–Kier alpha value is -2.15. The molecule has 0 saturated heterocycles. The molecule has 0 spiro atoms. The number of pyridine rings is 1. The quantitative estimate of drug-likeness (QED) is 0.787. The first-order chi connectivity index (χ1) is 13.4. The SMILES string of the molecule is CCN(C[C@@H](N)C1CC1)c1c(F)cc2c(=O)c(C)cn([C@@H]3C[C@@H]3F)c2c1OC. The summed E-state index contributed by atoms with van der Waals surface area (Å²) in [5.74, 6) is 0.232. The van der Waals surface area contributed by atoms with Gasteiger partial charge in [0.2, 0.25) is 0 Å². The Morgan fingerprint density at radius 3 is 2.64 bits per heavy atom. The van der Waals surface area contributed by atoms with Gasteiger partial charge < -0.3 is 19.9 Å². The summed E-state index contributed by atoms with van der Waals surface area (Å²) >= 11 is 0. The minimum atomic E-state index is -0.964. The molecule has 7 heteroatoms. The number of halogens is 2. The van der Waals surface area contributed by atoms with Crippen LogP contribution in [0.25, 0.3) is 10.9 Å². The topological polar surface area (TPSA) is 60.5 Å². The first kappa shape index (κ1) is 19.2. The molecule has 2 aliphatic rings. The number of benzene rings is 1. The van der Waals surface area contributed by atoms with Gasteiger partial charge in [-0.1, -0.05) is 0 Å². The van der Waals surface area contributed by atoms with Gasteiger partial charge in [-0.05, 0) is 38.7 Å². The van der Waals surface area contributed by atoms with Crippen molar-refractivity contribution in [2.45, 2.75) is 51.4 Å². The predicted octanol–water partition coefficient (Wildman–Crippen LogP) is 3.30. The van der Waals surface area contributed by atoms with E-state index in [1.54, 1.807) is 17.7 Å². The van der Waals surface area contributed by atoms with Gasteiger partial charge in [-0.2, -0.15) is 0 Å². The molecule has 5 nitrogen and oxygen atoms in total. The molecule has 0 aliphatic heterocycles. The summed E-state index contributed by atoms with van der Waals surface area (Å²) in [6, 6.07) is 0.872. The van der Waals surface area contributed by atoms with Crippen LogP contribution in [0.15, 0.2) is 17.1 Å². The summed E-state index contributed by atoms with van der Waals surface area (Å²) in [5.41, 5.74) is 7.24. The van der Waals surface area contributed by atoms with Crippen molar-refractivity contribution in [2.24, 2.45) is 11.7 Å². The minimum Gasteiger partial charge on any atom is -0.492 e. The monoisotopic (exact) mass is 391 g/mol. The molecule has 152 valence electrons. The summed E-state index contributed by atoms with van der Waals surface area (Å²) in [6.45, 7) is 4.65. The van der Waals surface area contributed by atoms with Crippen molar-refractivity contribution in [3.63, 3.8) is 0 Å². The summed E-state index contributed by atoms with van der Waals surface area (Å²) in [4.78, 5) is 14.6. The third-order valence-corrected chi connectivity index (χ3v) is 5.98. The molecule has 1 aromatic carbocycles. The zero-order valence-electron chi connectivity index (χ0n) is 16.5. The van der Waals surface area contributed by atoms with E-state index in [4.69, 9.17) is 10.5 Å². The second kappa shape index (κ2) is 7.03. The molecule has 2 aliphatic carbocycles. The van der Waals surface area contributed by atoms with Crippen LogP contribution < -0.4 is 20.8 Å². The number of aromatic nitrogens is 1. The highest BCUT2D eigenvalue weighted by Crippen LogP contribution is 2.45. The molecule has 2 saturated carbocycles. The molecule has 0 amide bonds.